The molecule has 10 heteroatoms. The van der Waals surface area contributed by atoms with Crippen molar-refractivity contribution < 1.29 is 26.3 Å². The van der Waals surface area contributed by atoms with Gasteiger partial charge in [0.2, 0.25) is 10.0 Å². The molecule has 5 nitrogen and oxygen atoms in total. The number of halogens is 4. The summed E-state index contributed by atoms with van der Waals surface area (Å²) in [5.41, 5.74) is 0. The van der Waals surface area contributed by atoms with Crippen molar-refractivity contribution in [3.8, 4) is 5.75 Å². The molecule has 0 saturated carbocycles. The topological polar surface area (TPSA) is 67.4 Å². The van der Waals surface area contributed by atoms with Gasteiger partial charge in [0, 0.05) is 17.6 Å². The highest BCUT2D eigenvalue weighted by Crippen LogP contribution is 2.29. The highest BCUT2D eigenvalue weighted by Gasteiger charge is 2.31. The maximum atomic E-state index is 12.0. The second-order valence-electron chi connectivity index (χ2n) is 3.64. The van der Waals surface area contributed by atoms with Crippen LogP contribution in [-0.2, 0) is 10.0 Å². The third kappa shape index (κ3) is 5.27. The number of hydrogen-bond acceptors (Lipinski definition) is 4. The first kappa shape index (κ1) is 17.2. The van der Waals surface area contributed by atoms with Crippen molar-refractivity contribution in [1.82, 2.24) is 10.0 Å². The van der Waals surface area contributed by atoms with Gasteiger partial charge in [-0.3, -0.25) is 0 Å². The van der Waals surface area contributed by atoms with E-state index in [9.17, 15) is 21.6 Å². The summed E-state index contributed by atoms with van der Waals surface area (Å²) in [6, 6.07) is 2.91. The zero-order valence-electron chi connectivity index (χ0n) is 10.3. The fourth-order valence-electron chi connectivity index (χ4n) is 1.28. The molecule has 2 N–H and O–H groups in total. The molecular weight excluding hydrogens is 365 g/mol. The molecule has 0 aliphatic rings. The first-order valence-corrected chi connectivity index (χ1v) is 7.63. The van der Waals surface area contributed by atoms with Crippen molar-refractivity contribution in [3.63, 3.8) is 0 Å². The molecule has 0 fully saturated rings. The summed E-state index contributed by atoms with van der Waals surface area (Å²) in [6.45, 7) is 0.582. The van der Waals surface area contributed by atoms with Crippen LogP contribution in [-0.4, -0.2) is 34.9 Å². The average Bonchev–Trinajstić information content (AvgIpc) is 2.26. The standard InChI is InChI=1S/C10H12BrF3N2O3S/c1-15-4-5-16-20(17,18)9-3-2-7(6-8(9)11)19-10(12,13)14/h2-3,6,15-16H,4-5H2,1H3. The minimum absolute atomic E-state index is 0.0174. The Morgan fingerprint density at radius 1 is 1.30 bits per heavy atom. The van der Waals surface area contributed by atoms with Crippen LogP contribution in [0.2, 0.25) is 0 Å². The lowest BCUT2D eigenvalue weighted by atomic mass is 10.3. The maximum Gasteiger partial charge on any atom is 0.573 e. The molecule has 0 radical (unpaired) electrons. The second-order valence-corrected chi connectivity index (χ2v) is 6.23. The van der Waals surface area contributed by atoms with Crippen LogP contribution < -0.4 is 14.8 Å². The highest BCUT2D eigenvalue weighted by atomic mass is 79.9. The van der Waals surface area contributed by atoms with E-state index in [2.05, 4.69) is 30.7 Å². The zero-order chi connectivity index (χ0) is 15.4. The van der Waals surface area contributed by atoms with E-state index in [4.69, 9.17) is 0 Å². The van der Waals surface area contributed by atoms with Crippen molar-refractivity contribution in [3.05, 3.63) is 22.7 Å². The van der Waals surface area contributed by atoms with E-state index < -0.39 is 22.1 Å². The third-order valence-corrected chi connectivity index (χ3v) is 4.53. The van der Waals surface area contributed by atoms with Gasteiger partial charge in [0.25, 0.3) is 0 Å². The third-order valence-electron chi connectivity index (χ3n) is 2.09. The minimum Gasteiger partial charge on any atom is -0.406 e. The van der Waals surface area contributed by atoms with Crippen LogP contribution >= 0.6 is 15.9 Å². The molecule has 0 amide bonds. The quantitative estimate of drug-likeness (QED) is 0.743. The Morgan fingerprint density at radius 2 is 1.95 bits per heavy atom. The van der Waals surface area contributed by atoms with Gasteiger partial charge in [-0.1, -0.05) is 0 Å². The smallest absolute Gasteiger partial charge is 0.406 e. The van der Waals surface area contributed by atoms with Crippen LogP contribution in [0.25, 0.3) is 0 Å². The molecule has 0 atom stereocenters. The van der Waals surface area contributed by atoms with E-state index >= 15 is 0 Å². The molecule has 0 bridgehead atoms. The first-order chi connectivity index (χ1) is 9.15. The zero-order valence-corrected chi connectivity index (χ0v) is 12.7. The number of sulfonamides is 1. The molecular formula is C10H12BrF3N2O3S. The molecule has 0 spiro atoms. The Hall–Kier alpha value is -0.840. The lowest BCUT2D eigenvalue weighted by Crippen LogP contribution is -2.30. The van der Waals surface area contributed by atoms with Crippen LogP contribution in [0.4, 0.5) is 13.2 Å². The van der Waals surface area contributed by atoms with Crippen LogP contribution in [0.1, 0.15) is 0 Å². The maximum absolute atomic E-state index is 12.0. The summed E-state index contributed by atoms with van der Waals surface area (Å²) in [5, 5.41) is 2.76. The monoisotopic (exact) mass is 376 g/mol. The molecule has 0 aliphatic carbocycles. The van der Waals surface area contributed by atoms with Crippen LogP contribution in [0, 0.1) is 0 Å². The van der Waals surface area contributed by atoms with Crippen molar-refractivity contribution >= 4 is 26.0 Å². The first-order valence-electron chi connectivity index (χ1n) is 5.35. The summed E-state index contributed by atoms with van der Waals surface area (Å²) < 4.78 is 65.9. The van der Waals surface area contributed by atoms with Crippen LogP contribution in [0.15, 0.2) is 27.6 Å². The highest BCUT2D eigenvalue weighted by molar-refractivity contribution is 9.10. The average molecular weight is 377 g/mol. The number of ether oxygens (including phenoxy) is 1. The van der Waals surface area contributed by atoms with Crippen LogP contribution in [0.5, 0.6) is 5.75 Å². The second kappa shape index (κ2) is 6.74. The van der Waals surface area contributed by atoms with Gasteiger partial charge in [-0.25, -0.2) is 13.1 Å². The molecule has 1 rings (SSSR count). The van der Waals surface area contributed by atoms with Crippen molar-refractivity contribution in [2.45, 2.75) is 11.3 Å². The molecule has 1 aromatic rings. The van der Waals surface area contributed by atoms with Gasteiger partial charge in [0.05, 0.1) is 4.90 Å². The van der Waals surface area contributed by atoms with Gasteiger partial charge in [0.1, 0.15) is 5.75 Å². The lowest BCUT2D eigenvalue weighted by molar-refractivity contribution is -0.274. The number of hydrogen-bond donors (Lipinski definition) is 2. The van der Waals surface area contributed by atoms with Gasteiger partial charge in [-0.2, -0.15) is 0 Å². The molecule has 0 unspecified atom stereocenters. The molecule has 1 aromatic carbocycles. The summed E-state index contributed by atoms with van der Waals surface area (Å²) in [7, 11) is -2.14. The number of rotatable bonds is 6. The SMILES string of the molecule is CNCCNS(=O)(=O)c1ccc(OC(F)(F)F)cc1Br. The lowest BCUT2D eigenvalue weighted by Gasteiger charge is -2.12. The van der Waals surface area contributed by atoms with E-state index in [1.54, 1.807) is 7.05 Å². The Bertz CT molecular complexity index is 563. The number of likely N-dealkylation sites (N-methyl/N-ethyl adjacent to an activating group) is 1. The minimum atomic E-state index is -4.83. The fourth-order valence-corrected chi connectivity index (χ4v) is 3.37. The predicted molar refractivity (Wildman–Crippen MR) is 69.9 cm³/mol. The normalized spacial score (nSPS) is 12.4. The molecule has 0 saturated heterocycles. The summed E-state index contributed by atoms with van der Waals surface area (Å²) in [5.74, 6) is -0.501. The Kier molecular flexibility index (Phi) is 5.80. The molecule has 114 valence electrons. The van der Waals surface area contributed by atoms with E-state index in [1.165, 1.54) is 0 Å². The summed E-state index contributed by atoms with van der Waals surface area (Å²) >= 11 is 2.92. The molecule has 0 aliphatic heterocycles. The van der Waals surface area contributed by atoms with Crippen molar-refractivity contribution in [2.75, 3.05) is 20.1 Å². The van der Waals surface area contributed by atoms with Gasteiger partial charge in [0.15, 0.2) is 0 Å². The number of nitrogens with one attached hydrogen (secondary N) is 2. The Morgan fingerprint density at radius 3 is 2.45 bits per heavy atom. The predicted octanol–water partition coefficient (Wildman–Crippen LogP) is 1.85. The fraction of sp³-hybridized carbons (Fsp3) is 0.400. The number of alkyl halides is 3. The molecule has 0 heterocycles. The Labute approximate surface area is 122 Å². The van der Waals surface area contributed by atoms with Crippen LogP contribution in [0.3, 0.4) is 0 Å². The Balaban J connectivity index is 2.92. The van der Waals surface area contributed by atoms with E-state index in [1.807, 2.05) is 0 Å². The van der Waals surface area contributed by atoms with Gasteiger partial charge in [-0.15, -0.1) is 13.2 Å². The van der Waals surface area contributed by atoms with E-state index in [0.29, 0.717) is 6.54 Å². The molecule has 20 heavy (non-hydrogen) atoms. The van der Waals surface area contributed by atoms with Gasteiger partial charge < -0.3 is 10.1 Å². The van der Waals surface area contributed by atoms with Gasteiger partial charge in [-0.05, 0) is 41.2 Å². The van der Waals surface area contributed by atoms with E-state index in [-0.39, 0.29) is 15.9 Å². The number of benzene rings is 1. The van der Waals surface area contributed by atoms with E-state index in [0.717, 1.165) is 18.2 Å². The van der Waals surface area contributed by atoms with Crippen molar-refractivity contribution in [1.29, 1.82) is 0 Å². The molecule has 0 aromatic heterocycles. The summed E-state index contributed by atoms with van der Waals surface area (Å²) in [6.07, 6.45) is -4.83. The largest absolute Gasteiger partial charge is 0.573 e. The van der Waals surface area contributed by atoms with Gasteiger partial charge >= 0.3 is 6.36 Å². The van der Waals surface area contributed by atoms with Crippen molar-refractivity contribution in [2.24, 2.45) is 0 Å². The summed E-state index contributed by atoms with van der Waals surface area (Å²) in [4.78, 5) is -0.164.